The molecule has 1 aromatic rings. The van der Waals surface area contributed by atoms with Crippen LogP contribution in [0, 0.1) is 10.8 Å². The van der Waals surface area contributed by atoms with Crippen molar-refractivity contribution in [3.05, 3.63) is 22.2 Å². The number of phenolic OH excluding ortho intramolecular Hbond substituents is 1. The third kappa shape index (κ3) is 3.31. The van der Waals surface area contributed by atoms with Crippen molar-refractivity contribution in [3.63, 3.8) is 0 Å². The van der Waals surface area contributed by atoms with Crippen LogP contribution in [-0.2, 0) is 4.79 Å². The number of hydrogen-bond acceptors (Lipinski definition) is 2. The summed E-state index contributed by atoms with van der Waals surface area (Å²) >= 11 is 14.1. The standard InChI is InChI=1S/C9H4BrCl2NO2/c10-2-1-8(14)13-5-3-6(11)9(15)7(12)4-5/h3-4,15H,(H,13,14). The largest absolute Gasteiger partial charge is 0.505 e. The predicted molar refractivity (Wildman–Crippen MR) is 63.5 cm³/mol. The van der Waals surface area contributed by atoms with Gasteiger partial charge < -0.3 is 10.4 Å². The van der Waals surface area contributed by atoms with Crippen LogP contribution in [0.4, 0.5) is 5.69 Å². The molecule has 0 unspecified atom stereocenters. The second-order valence-corrected chi connectivity index (χ2v) is 3.67. The Morgan fingerprint density at radius 3 is 2.40 bits per heavy atom. The first-order valence-corrected chi connectivity index (χ1v) is 5.20. The zero-order chi connectivity index (χ0) is 11.4. The van der Waals surface area contributed by atoms with Crippen LogP contribution in [0.25, 0.3) is 0 Å². The highest BCUT2D eigenvalue weighted by atomic mass is 79.9. The van der Waals surface area contributed by atoms with E-state index < -0.39 is 5.91 Å². The van der Waals surface area contributed by atoms with Crippen LogP contribution in [0.2, 0.25) is 10.0 Å². The maximum atomic E-state index is 11.1. The van der Waals surface area contributed by atoms with Gasteiger partial charge in [-0.2, -0.15) is 0 Å². The van der Waals surface area contributed by atoms with E-state index in [-0.39, 0.29) is 15.8 Å². The third-order valence-electron chi connectivity index (χ3n) is 1.44. The molecule has 2 N–H and O–H groups in total. The summed E-state index contributed by atoms with van der Waals surface area (Å²) in [6, 6.07) is 2.74. The number of nitrogens with one attached hydrogen (secondary N) is 1. The fraction of sp³-hybridized carbons (Fsp3) is 0. The van der Waals surface area contributed by atoms with Gasteiger partial charge in [-0.1, -0.05) is 23.2 Å². The van der Waals surface area contributed by atoms with E-state index in [9.17, 15) is 9.90 Å². The smallest absolute Gasteiger partial charge is 0.301 e. The zero-order valence-corrected chi connectivity index (χ0v) is 10.2. The first-order valence-electron chi connectivity index (χ1n) is 3.65. The van der Waals surface area contributed by atoms with Crippen LogP contribution in [0.5, 0.6) is 5.75 Å². The lowest BCUT2D eigenvalue weighted by atomic mass is 10.3. The van der Waals surface area contributed by atoms with Crippen LogP contribution in [0.1, 0.15) is 0 Å². The minimum Gasteiger partial charge on any atom is -0.505 e. The van der Waals surface area contributed by atoms with E-state index in [2.05, 4.69) is 32.0 Å². The number of carbonyl (C=O) groups excluding carboxylic acids is 1. The van der Waals surface area contributed by atoms with Crippen LogP contribution < -0.4 is 5.32 Å². The van der Waals surface area contributed by atoms with Gasteiger partial charge in [-0.15, -0.1) is 0 Å². The molecule has 0 spiro atoms. The number of hydrogen-bond donors (Lipinski definition) is 2. The monoisotopic (exact) mass is 307 g/mol. The van der Waals surface area contributed by atoms with Crippen molar-refractivity contribution in [2.75, 3.05) is 5.32 Å². The number of benzene rings is 1. The van der Waals surface area contributed by atoms with Crippen LogP contribution in [-0.4, -0.2) is 11.0 Å². The Hall–Kier alpha value is -0.890. The highest BCUT2D eigenvalue weighted by molar-refractivity contribution is 9.12. The molecule has 0 aromatic heterocycles. The second kappa shape index (κ2) is 5.26. The fourth-order valence-corrected chi connectivity index (χ4v) is 1.51. The average Bonchev–Trinajstić information content (AvgIpc) is 2.14. The van der Waals surface area contributed by atoms with Gasteiger partial charge in [0.15, 0.2) is 5.75 Å². The minimum absolute atomic E-state index is 0.0598. The molecule has 0 atom stereocenters. The Labute approximate surface area is 105 Å². The highest BCUT2D eigenvalue weighted by Crippen LogP contribution is 2.34. The molecule has 0 bridgehead atoms. The number of aromatic hydroxyl groups is 1. The zero-order valence-electron chi connectivity index (χ0n) is 7.14. The highest BCUT2D eigenvalue weighted by Gasteiger charge is 2.07. The average molecular weight is 309 g/mol. The minimum atomic E-state index is -0.510. The summed E-state index contributed by atoms with van der Waals surface area (Å²) in [5, 5.41) is 11.8. The summed E-state index contributed by atoms with van der Waals surface area (Å²) in [5.41, 5.74) is 0.364. The number of amides is 1. The van der Waals surface area contributed by atoms with Gasteiger partial charge in [-0.3, -0.25) is 4.79 Å². The summed E-state index contributed by atoms with van der Waals surface area (Å²) in [6.07, 6.45) is 0. The van der Waals surface area contributed by atoms with Gasteiger partial charge in [0.1, 0.15) is 0 Å². The molecule has 3 nitrogen and oxygen atoms in total. The van der Waals surface area contributed by atoms with Crippen molar-refractivity contribution < 1.29 is 9.90 Å². The normalized spacial score (nSPS) is 9.00. The maximum absolute atomic E-state index is 11.1. The van der Waals surface area contributed by atoms with Crippen molar-refractivity contribution >= 4 is 50.7 Å². The van der Waals surface area contributed by atoms with E-state index in [1.807, 2.05) is 0 Å². The first-order chi connectivity index (χ1) is 7.04. The van der Waals surface area contributed by atoms with Gasteiger partial charge in [0.2, 0.25) is 0 Å². The molecule has 78 valence electrons. The topological polar surface area (TPSA) is 49.3 Å². The predicted octanol–water partition coefficient (Wildman–Crippen LogP) is 2.99. The molecular formula is C9H4BrCl2NO2. The summed E-state index contributed by atoms with van der Waals surface area (Å²) < 4.78 is 0. The van der Waals surface area contributed by atoms with Crippen LogP contribution in [0.15, 0.2) is 12.1 Å². The molecule has 0 radical (unpaired) electrons. The van der Waals surface area contributed by atoms with E-state index in [4.69, 9.17) is 23.2 Å². The molecule has 1 amide bonds. The molecule has 0 fully saturated rings. The SMILES string of the molecule is O=C(C#CBr)Nc1cc(Cl)c(O)c(Cl)c1. The Bertz CT molecular complexity index is 442. The van der Waals surface area contributed by atoms with Crippen molar-refractivity contribution in [1.29, 1.82) is 0 Å². The van der Waals surface area contributed by atoms with Crippen molar-refractivity contribution in [2.24, 2.45) is 0 Å². The molecule has 0 aliphatic carbocycles. The number of anilines is 1. The molecule has 0 aliphatic heterocycles. The van der Waals surface area contributed by atoms with Gasteiger partial charge >= 0.3 is 5.91 Å². The fourth-order valence-electron chi connectivity index (χ4n) is 0.843. The van der Waals surface area contributed by atoms with E-state index in [0.717, 1.165) is 0 Å². The first kappa shape index (κ1) is 12.2. The summed E-state index contributed by atoms with van der Waals surface area (Å²) in [7, 11) is 0. The molecule has 15 heavy (non-hydrogen) atoms. The van der Waals surface area contributed by atoms with E-state index in [1.165, 1.54) is 12.1 Å². The Morgan fingerprint density at radius 2 is 1.93 bits per heavy atom. The molecule has 1 rings (SSSR count). The Morgan fingerprint density at radius 1 is 1.40 bits per heavy atom. The number of rotatable bonds is 1. The van der Waals surface area contributed by atoms with E-state index in [0.29, 0.717) is 5.69 Å². The van der Waals surface area contributed by atoms with Gasteiger partial charge in [0.25, 0.3) is 0 Å². The van der Waals surface area contributed by atoms with Crippen molar-refractivity contribution in [2.45, 2.75) is 0 Å². The lowest BCUT2D eigenvalue weighted by Crippen LogP contribution is -2.08. The molecular weight excluding hydrogens is 305 g/mol. The number of halogens is 3. The van der Waals surface area contributed by atoms with Gasteiger partial charge in [0.05, 0.1) is 10.0 Å². The van der Waals surface area contributed by atoms with Gasteiger partial charge in [-0.05, 0) is 17.0 Å². The summed E-state index contributed by atoms with van der Waals surface area (Å²) in [6.45, 7) is 0. The van der Waals surface area contributed by atoms with Gasteiger partial charge in [0, 0.05) is 27.5 Å². The molecule has 0 saturated carbocycles. The molecule has 0 heterocycles. The summed E-state index contributed by atoms with van der Waals surface area (Å²) in [5.74, 6) is 1.49. The molecule has 0 saturated heterocycles. The van der Waals surface area contributed by atoms with Gasteiger partial charge in [-0.25, -0.2) is 0 Å². The second-order valence-electron chi connectivity index (χ2n) is 2.46. The van der Waals surface area contributed by atoms with Crippen molar-refractivity contribution in [1.82, 2.24) is 0 Å². The molecule has 1 aromatic carbocycles. The Balaban J connectivity index is 2.96. The lowest BCUT2D eigenvalue weighted by molar-refractivity contribution is -0.111. The third-order valence-corrected chi connectivity index (χ3v) is 2.21. The number of carbonyl (C=O) groups is 1. The van der Waals surface area contributed by atoms with Crippen LogP contribution >= 0.6 is 39.1 Å². The molecule has 0 aliphatic rings. The van der Waals surface area contributed by atoms with Crippen molar-refractivity contribution in [3.8, 4) is 16.5 Å². The van der Waals surface area contributed by atoms with Crippen LogP contribution in [0.3, 0.4) is 0 Å². The summed E-state index contributed by atoms with van der Waals surface area (Å²) in [4.78, 5) is 13.3. The van der Waals surface area contributed by atoms with E-state index >= 15 is 0 Å². The lowest BCUT2D eigenvalue weighted by Gasteiger charge is -2.04. The quantitative estimate of drug-likeness (QED) is 0.619. The number of phenols is 1. The maximum Gasteiger partial charge on any atom is 0.301 e. The Kier molecular flexibility index (Phi) is 4.28. The van der Waals surface area contributed by atoms with E-state index in [1.54, 1.807) is 0 Å². The molecule has 6 heteroatoms.